The van der Waals surface area contributed by atoms with Crippen molar-refractivity contribution in [2.24, 2.45) is 0 Å². The van der Waals surface area contributed by atoms with Gasteiger partial charge in [0.05, 0.1) is 11.8 Å². The molecule has 1 unspecified atom stereocenters. The van der Waals surface area contributed by atoms with Gasteiger partial charge in [0.1, 0.15) is 0 Å². The summed E-state index contributed by atoms with van der Waals surface area (Å²) in [5, 5.41) is 6.22. The standard InChI is InChI=1S/C17H16Cl2N2O2S/c1-11(24-15-8-4-13(19)5-9-15)17(23)20-10-16(22)21-14-6-2-12(18)3-7-14/h2-9,11H,10H2,1H3,(H,20,23)(H,21,22). The van der Waals surface area contributed by atoms with Gasteiger partial charge in [-0.25, -0.2) is 0 Å². The highest BCUT2D eigenvalue weighted by molar-refractivity contribution is 8.00. The van der Waals surface area contributed by atoms with E-state index in [4.69, 9.17) is 23.2 Å². The van der Waals surface area contributed by atoms with Gasteiger partial charge in [0.25, 0.3) is 0 Å². The first kappa shape index (κ1) is 18.6. The Kier molecular flexibility index (Phi) is 6.97. The molecule has 0 aliphatic heterocycles. The second kappa shape index (κ2) is 8.97. The highest BCUT2D eigenvalue weighted by atomic mass is 35.5. The molecule has 24 heavy (non-hydrogen) atoms. The molecule has 126 valence electrons. The Balaban J connectivity index is 1.77. The van der Waals surface area contributed by atoms with Crippen LogP contribution in [0.2, 0.25) is 10.0 Å². The Hall–Kier alpha value is -1.69. The average Bonchev–Trinajstić information content (AvgIpc) is 2.57. The Morgan fingerprint density at radius 3 is 2.12 bits per heavy atom. The van der Waals surface area contributed by atoms with Crippen LogP contribution in [0.15, 0.2) is 53.4 Å². The Morgan fingerprint density at radius 1 is 1.00 bits per heavy atom. The lowest BCUT2D eigenvalue weighted by Crippen LogP contribution is -2.37. The van der Waals surface area contributed by atoms with Gasteiger partial charge in [-0.2, -0.15) is 0 Å². The van der Waals surface area contributed by atoms with Gasteiger partial charge >= 0.3 is 0 Å². The first-order valence-corrected chi connectivity index (χ1v) is 8.83. The molecule has 0 saturated carbocycles. The number of hydrogen-bond donors (Lipinski definition) is 2. The van der Waals surface area contributed by atoms with Crippen LogP contribution in [0, 0.1) is 0 Å². The minimum absolute atomic E-state index is 0.0903. The summed E-state index contributed by atoms with van der Waals surface area (Å²) >= 11 is 13.0. The Morgan fingerprint density at radius 2 is 1.54 bits per heavy atom. The smallest absolute Gasteiger partial charge is 0.243 e. The first-order valence-electron chi connectivity index (χ1n) is 7.19. The van der Waals surface area contributed by atoms with Crippen LogP contribution in [-0.2, 0) is 9.59 Å². The van der Waals surface area contributed by atoms with E-state index in [1.165, 1.54) is 11.8 Å². The first-order chi connectivity index (χ1) is 11.4. The number of carbonyl (C=O) groups is 2. The van der Waals surface area contributed by atoms with Crippen molar-refractivity contribution in [2.45, 2.75) is 17.1 Å². The number of hydrogen-bond acceptors (Lipinski definition) is 3. The summed E-state index contributed by atoms with van der Waals surface area (Å²) in [5.41, 5.74) is 0.627. The maximum Gasteiger partial charge on any atom is 0.243 e. The molecule has 2 aromatic rings. The molecule has 2 N–H and O–H groups in total. The molecule has 0 radical (unpaired) electrons. The summed E-state index contributed by atoms with van der Waals surface area (Å²) in [6.07, 6.45) is 0. The van der Waals surface area contributed by atoms with Crippen molar-refractivity contribution < 1.29 is 9.59 Å². The van der Waals surface area contributed by atoms with Crippen molar-refractivity contribution >= 4 is 52.5 Å². The van der Waals surface area contributed by atoms with Crippen LogP contribution in [0.3, 0.4) is 0 Å². The van der Waals surface area contributed by atoms with Gasteiger partial charge < -0.3 is 10.6 Å². The van der Waals surface area contributed by atoms with Gasteiger partial charge in [-0.1, -0.05) is 23.2 Å². The topological polar surface area (TPSA) is 58.2 Å². The third-order valence-electron chi connectivity index (χ3n) is 3.05. The van der Waals surface area contributed by atoms with E-state index in [1.54, 1.807) is 43.3 Å². The molecule has 7 heteroatoms. The van der Waals surface area contributed by atoms with E-state index in [9.17, 15) is 9.59 Å². The van der Waals surface area contributed by atoms with E-state index < -0.39 is 0 Å². The lowest BCUT2D eigenvalue weighted by molar-refractivity contribution is -0.123. The van der Waals surface area contributed by atoms with Gasteiger partial charge in [0.2, 0.25) is 11.8 Å². The molecule has 0 aliphatic carbocycles. The summed E-state index contributed by atoms with van der Waals surface area (Å²) < 4.78 is 0. The highest BCUT2D eigenvalue weighted by Crippen LogP contribution is 2.24. The summed E-state index contributed by atoms with van der Waals surface area (Å²) in [4.78, 5) is 24.8. The SMILES string of the molecule is CC(Sc1ccc(Cl)cc1)C(=O)NCC(=O)Nc1ccc(Cl)cc1. The van der Waals surface area contributed by atoms with Crippen LogP contribution in [0.1, 0.15) is 6.92 Å². The normalized spacial score (nSPS) is 11.6. The van der Waals surface area contributed by atoms with Crippen molar-refractivity contribution in [3.63, 3.8) is 0 Å². The van der Waals surface area contributed by atoms with E-state index >= 15 is 0 Å². The van der Waals surface area contributed by atoms with E-state index in [0.29, 0.717) is 15.7 Å². The minimum atomic E-state index is -0.325. The highest BCUT2D eigenvalue weighted by Gasteiger charge is 2.15. The largest absolute Gasteiger partial charge is 0.346 e. The predicted octanol–water partition coefficient (Wildman–Crippen LogP) is 4.23. The van der Waals surface area contributed by atoms with Crippen LogP contribution in [0.25, 0.3) is 0 Å². The Labute approximate surface area is 154 Å². The van der Waals surface area contributed by atoms with Crippen LogP contribution in [-0.4, -0.2) is 23.6 Å². The molecule has 2 aromatic carbocycles. The van der Waals surface area contributed by atoms with Crippen LogP contribution in [0.4, 0.5) is 5.69 Å². The number of thioether (sulfide) groups is 1. The summed E-state index contributed by atoms with van der Waals surface area (Å²) in [7, 11) is 0. The molecule has 0 aromatic heterocycles. The second-order valence-corrected chi connectivity index (χ2v) is 7.27. The van der Waals surface area contributed by atoms with Gasteiger partial charge in [-0.05, 0) is 55.5 Å². The molecule has 0 fully saturated rings. The minimum Gasteiger partial charge on any atom is -0.346 e. The number of carbonyl (C=O) groups excluding carboxylic acids is 2. The number of nitrogens with one attached hydrogen (secondary N) is 2. The molecule has 0 spiro atoms. The second-order valence-electron chi connectivity index (χ2n) is 4.99. The lowest BCUT2D eigenvalue weighted by Gasteiger charge is -2.12. The molecular formula is C17H16Cl2N2O2S. The third kappa shape index (κ3) is 6.07. The molecule has 4 nitrogen and oxygen atoms in total. The number of halogens is 2. The maximum atomic E-state index is 12.1. The van der Waals surface area contributed by atoms with E-state index in [0.717, 1.165) is 4.90 Å². The molecule has 0 saturated heterocycles. The zero-order valence-electron chi connectivity index (χ0n) is 12.9. The van der Waals surface area contributed by atoms with Crippen LogP contribution >= 0.6 is 35.0 Å². The number of rotatable bonds is 6. The van der Waals surface area contributed by atoms with Crippen molar-refractivity contribution in [2.75, 3.05) is 11.9 Å². The third-order valence-corrected chi connectivity index (χ3v) is 4.66. The van der Waals surface area contributed by atoms with Gasteiger partial charge in [-0.3, -0.25) is 9.59 Å². The van der Waals surface area contributed by atoms with Crippen molar-refractivity contribution in [1.29, 1.82) is 0 Å². The summed E-state index contributed by atoms with van der Waals surface area (Å²) in [5.74, 6) is -0.504. The quantitative estimate of drug-likeness (QED) is 0.734. The zero-order chi connectivity index (χ0) is 17.5. The molecular weight excluding hydrogens is 367 g/mol. The maximum absolute atomic E-state index is 12.1. The molecule has 2 rings (SSSR count). The number of benzene rings is 2. The average molecular weight is 383 g/mol. The zero-order valence-corrected chi connectivity index (χ0v) is 15.2. The van der Waals surface area contributed by atoms with Gasteiger partial charge in [0.15, 0.2) is 0 Å². The molecule has 0 aliphatic rings. The summed E-state index contributed by atoms with van der Waals surface area (Å²) in [6.45, 7) is 1.69. The Bertz CT molecular complexity index is 706. The van der Waals surface area contributed by atoms with Crippen LogP contribution < -0.4 is 10.6 Å². The fourth-order valence-corrected chi connectivity index (χ4v) is 2.96. The molecule has 1 atom stereocenters. The number of amides is 2. The fourth-order valence-electron chi connectivity index (χ4n) is 1.82. The van der Waals surface area contributed by atoms with Gasteiger partial charge in [0, 0.05) is 20.6 Å². The van der Waals surface area contributed by atoms with Crippen molar-refractivity contribution in [1.82, 2.24) is 5.32 Å². The fraction of sp³-hybridized carbons (Fsp3) is 0.176. The van der Waals surface area contributed by atoms with E-state index in [2.05, 4.69) is 10.6 Å². The lowest BCUT2D eigenvalue weighted by atomic mass is 10.3. The molecule has 0 bridgehead atoms. The molecule has 2 amide bonds. The van der Waals surface area contributed by atoms with E-state index in [-0.39, 0.29) is 23.6 Å². The summed E-state index contributed by atoms with van der Waals surface area (Å²) in [6, 6.07) is 14.0. The molecule has 0 heterocycles. The van der Waals surface area contributed by atoms with Crippen molar-refractivity contribution in [3.8, 4) is 0 Å². The number of anilines is 1. The predicted molar refractivity (Wildman–Crippen MR) is 99.9 cm³/mol. The van der Waals surface area contributed by atoms with Gasteiger partial charge in [-0.15, -0.1) is 11.8 Å². The van der Waals surface area contributed by atoms with E-state index in [1.807, 2.05) is 12.1 Å². The monoisotopic (exact) mass is 382 g/mol. The van der Waals surface area contributed by atoms with Crippen LogP contribution in [0.5, 0.6) is 0 Å². The van der Waals surface area contributed by atoms with Crippen molar-refractivity contribution in [3.05, 3.63) is 58.6 Å².